The monoisotopic (exact) mass is 354 g/mol. The summed E-state index contributed by atoms with van der Waals surface area (Å²) in [5, 5.41) is 2.72. The van der Waals surface area contributed by atoms with E-state index in [0.717, 1.165) is 16.9 Å². The molecule has 2 rings (SSSR count). The van der Waals surface area contributed by atoms with E-state index < -0.39 is 11.7 Å². The molecule has 0 bridgehead atoms. The van der Waals surface area contributed by atoms with E-state index in [-0.39, 0.29) is 0 Å². The highest BCUT2D eigenvalue weighted by molar-refractivity contribution is 5.67. The van der Waals surface area contributed by atoms with Crippen molar-refractivity contribution in [1.82, 2.24) is 10.3 Å². The van der Waals surface area contributed by atoms with Crippen LogP contribution >= 0.6 is 0 Å². The maximum Gasteiger partial charge on any atom is 0.407 e. The Morgan fingerprint density at radius 1 is 1.19 bits per heavy atom. The zero-order chi connectivity index (χ0) is 18.8. The third-order valence-electron chi connectivity index (χ3n) is 3.27. The fraction of sp³-hybridized carbons (Fsp3) is 0.333. The van der Waals surface area contributed by atoms with E-state index in [1.54, 1.807) is 12.4 Å². The van der Waals surface area contributed by atoms with Crippen LogP contribution in [0.1, 0.15) is 38.3 Å². The molecule has 0 saturated carbocycles. The summed E-state index contributed by atoms with van der Waals surface area (Å²) in [7, 11) is 0. The van der Waals surface area contributed by atoms with Crippen LogP contribution < -0.4 is 10.1 Å². The molecule has 5 nitrogen and oxygen atoms in total. The number of aromatic nitrogens is 1. The Bertz CT molecular complexity index is 722. The van der Waals surface area contributed by atoms with Crippen molar-refractivity contribution >= 4 is 12.2 Å². The van der Waals surface area contributed by atoms with E-state index in [1.807, 2.05) is 69.3 Å². The van der Waals surface area contributed by atoms with Crippen LogP contribution in [0.25, 0.3) is 6.08 Å². The number of nitrogens with zero attached hydrogens (tertiary/aromatic N) is 1. The second kappa shape index (κ2) is 9.61. The molecule has 138 valence electrons. The van der Waals surface area contributed by atoms with Crippen LogP contribution in [-0.4, -0.2) is 23.2 Å². The van der Waals surface area contributed by atoms with Gasteiger partial charge in [-0.25, -0.2) is 4.79 Å². The van der Waals surface area contributed by atoms with Gasteiger partial charge in [-0.15, -0.1) is 0 Å². The molecule has 1 N–H and O–H groups in total. The molecule has 0 spiro atoms. The maximum absolute atomic E-state index is 11.5. The molecule has 0 atom stereocenters. The molecule has 0 aliphatic carbocycles. The van der Waals surface area contributed by atoms with Crippen molar-refractivity contribution in [2.24, 2.45) is 0 Å². The van der Waals surface area contributed by atoms with Gasteiger partial charge in [0.2, 0.25) is 0 Å². The molecule has 5 heteroatoms. The van der Waals surface area contributed by atoms with Crippen LogP contribution in [0.3, 0.4) is 0 Å². The largest absolute Gasteiger partial charge is 0.487 e. The van der Waals surface area contributed by atoms with Crippen molar-refractivity contribution in [3.05, 3.63) is 66.0 Å². The molecule has 1 amide bonds. The molecule has 0 saturated heterocycles. The Hall–Kier alpha value is -2.82. The van der Waals surface area contributed by atoms with E-state index >= 15 is 0 Å². The van der Waals surface area contributed by atoms with Gasteiger partial charge in [-0.1, -0.05) is 42.5 Å². The summed E-state index contributed by atoms with van der Waals surface area (Å²) in [6, 6.07) is 11.9. The topological polar surface area (TPSA) is 60.5 Å². The van der Waals surface area contributed by atoms with Gasteiger partial charge in [0.25, 0.3) is 0 Å². The van der Waals surface area contributed by atoms with Gasteiger partial charge in [-0.2, -0.15) is 0 Å². The molecule has 0 aliphatic heterocycles. The first-order valence-corrected chi connectivity index (χ1v) is 8.67. The molecule has 26 heavy (non-hydrogen) atoms. The number of rotatable bonds is 7. The predicted octanol–water partition coefficient (Wildman–Crippen LogP) is 4.59. The Kier molecular flexibility index (Phi) is 7.21. The Balaban J connectivity index is 1.75. The van der Waals surface area contributed by atoms with E-state index in [9.17, 15) is 4.79 Å². The summed E-state index contributed by atoms with van der Waals surface area (Å²) in [5.41, 5.74) is 1.58. The molecule has 0 fully saturated rings. The highest BCUT2D eigenvalue weighted by atomic mass is 16.6. The van der Waals surface area contributed by atoms with Crippen molar-refractivity contribution in [2.45, 2.75) is 39.4 Å². The second-order valence-corrected chi connectivity index (χ2v) is 6.85. The zero-order valence-corrected chi connectivity index (χ0v) is 15.6. The van der Waals surface area contributed by atoms with Crippen LogP contribution in [0.4, 0.5) is 4.79 Å². The van der Waals surface area contributed by atoms with E-state index in [4.69, 9.17) is 9.47 Å². The first kappa shape index (κ1) is 19.5. The van der Waals surface area contributed by atoms with Gasteiger partial charge in [0.15, 0.2) is 0 Å². The Morgan fingerprint density at radius 2 is 1.96 bits per heavy atom. The lowest BCUT2D eigenvalue weighted by atomic mass is 10.2. The number of benzene rings is 1. The van der Waals surface area contributed by atoms with Crippen molar-refractivity contribution in [2.75, 3.05) is 6.54 Å². The Morgan fingerprint density at radius 3 is 2.69 bits per heavy atom. The minimum absolute atomic E-state index is 0.399. The molecular weight excluding hydrogens is 328 g/mol. The van der Waals surface area contributed by atoms with Crippen LogP contribution in [0.5, 0.6) is 5.75 Å². The Labute approximate surface area is 155 Å². The summed E-state index contributed by atoms with van der Waals surface area (Å²) in [5.74, 6) is 0.725. The molecule has 1 heterocycles. The lowest BCUT2D eigenvalue weighted by Gasteiger charge is -2.19. The summed E-state index contributed by atoms with van der Waals surface area (Å²) >= 11 is 0. The van der Waals surface area contributed by atoms with Crippen LogP contribution in [0, 0.1) is 0 Å². The number of amides is 1. The number of hydrogen-bond donors (Lipinski definition) is 1. The van der Waals surface area contributed by atoms with E-state index in [2.05, 4.69) is 10.3 Å². The molecule has 2 aromatic rings. The maximum atomic E-state index is 11.5. The summed E-state index contributed by atoms with van der Waals surface area (Å²) in [4.78, 5) is 15.7. The van der Waals surface area contributed by atoms with Crippen molar-refractivity contribution < 1.29 is 14.3 Å². The van der Waals surface area contributed by atoms with Gasteiger partial charge in [0, 0.05) is 12.7 Å². The van der Waals surface area contributed by atoms with Gasteiger partial charge in [-0.05, 0) is 44.4 Å². The van der Waals surface area contributed by atoms with Crippen molar-refractivity contribution in [3.63, 3.8) is 0 Å². The lowest BCUT2D eigenvalue weighted by molar-refractivity contribution is 0.0529. The van der Waals surface area contributed by atoms with Crippen LogP contribution in [0.2, 0.25) is 0 Å². The van der Waals surface area contributed by atoms with Crippen molar-refractivity contribution in [1.29, 1.82) is 0 Å². The SMILES string of the molecule is CC(C)(C)OC(=O)NCCC=Cc1cncc(OCc2ccccc2)c1. The molecule has 0 radical (unpaired) electrons. The quantitative estimate of drug-likeness (QED) is 0.739. The highest BCUT2D eigenvalue weighted by Crippen LogP contribution is 2.14. The van der Waals surface area contributed by atoms with Gasteiger partial charge >= 0.3 is 6.09 Å². The van der Waals surface area contributed by atoms with Crippen LogP contribution in [0.15, 0.2) is 54.9 Å². The predicted molar refractivity (Wildman–Crippen MR) is 103 cm³/mol. The van der Waals surface area contributed by atoms with Crippen LogP contribution in [-0.2, 0) is 11.3 Å². The molecule has 1 aromatic carbocycles. The number of hydrogen-bond acceptors (Lipinski definition) is 4. The number of carbonyl (C=O) groups is 1. The molecule has 0 unspecified atom stereocenters. The summed E-state index contributed by atoms with van der Waals surface area (Å²) in [6.45, 7) is 6.55. The molecule has 0 aliphatic rings. The van der Waals surface area contributed by atoms with Crippen molar-refractivity contribution in [3.8, 4) is 5.75 Å². The molecule has 1 aromatic heterocycles. The average molecular weight is 354 g/mol. The average Bonchev–Trinajstić information content (AvgIpc) is 2.59. The number of carbonyl (C=O) groups excluding carboxylic acids is 1. The highest BCUT2D eigenvalue weighted by Gasteiger charge is 2.15. The third kappa shape index (κ3) is 7.83. The third-order valence-corrected chi connectivity index (χ3v) is 3.27. The zero-order valence-electron chi connectivity index (χ0n) is 15.6. The first-order valence-electron chi connectivity index (χ1n) is 8.67. The second-order valence-electron chi connectivity index (χ2n) is 6.85. The number of nitrogens with one attached hydrogen (secondary N) is 1. The minimum Gasteiger partial charge on any atom is -0.487 e. The van der Waals surface area contributed by atoms with Gasteiger partial charge in [0.1, 0.15) is 18.0 Å². The summed E-state index contributed by atoms with van der Waals surface area (Å²) in [6.07, 6.45) is 7.71. The summed E-state index contributed by atoms with van der Waals surface area (Å²) < 4.78 is 10.9. The van der Waals surface area contributed by atoms with Gasteiger partial charge in [-0.3, -0.25) is 4.98 Å². The standard InChI is InChI=1S/C21H26N2O3/c1-21(2,3)26-20(24)23-12-8-7-11-18-13-19(15-22-14-18)25-16-17-9-5-4-6-10-17/h4-7,9-11,13-15H,8,12,16H2,1-3H3,(H,23,24). The minimum atomic E-state index is -0.480. The van der Waals surface area contributed by atoms with E-state index in [1.165, 1.54) is 0 Å². The fourth-order valence-electron chi connectivity index (χ4n) is 2.14. The number of ether oxygens (including phenoxy) is 2. The van der Waals surface area contributed by atoms with E-state index in [0.29, 0.717) is 19.6 Å². The molecular formula is C21H26N2O3. The fourth-order valence-corrected chi connectivity index (χ4v) is 2.14. The van der Waals surface area contributed by atoms with Gasteiger partial charge in [0.05, 0.1) is 6.20 Å². The smallest absolute Gasteiger partial charge is 0.407 e. The van der Waals surface area contributed by atoms with Gasteiger partial charge < -0.3 is 14.8 Å². The number of pyridine rings is 1. The lowest BCUT2D eigenvalue weighted by Crippen LogP contribution is -2.32. The number of alkyl carbamates (subject to hydrolysis) is 1. The first-order chi connectivity index (χ1) is 12.4. The normalized spacial score (nSPS) is 11.3.